The molecule has 0 saturated carbocycles. The van der Waals surface area contributed by atoms with Gasteiger partial charge in [0.05, 0.1) is 0 Å². The third-order valence-electron chi connectivity index (χ3n) is 2.34. The Morgan fingerprint density at radius 2 is 2.18 bits per heavy atom. The lowest BCUT2D eigenvalue weighted by Gasteiger charge is -2.19. The van der Waals surface area contributed by atoms with Gasteiger partial charge in [-0.25, -0.2) is 0 Å². The van der Waals surface area contributed by atoms with Gasteiger partial charge in [0.1, 0.15) is 0 Å². The number of thioether (sulfide) groups is 1. The molecular formula is C9H19NS. The Bertz CT molecular complexity index is 114. The van der Waals surface area contributed by atoms with Gasteiger partial charge < -0.3 is 5.32 Å². The average Bonchev–Trinajstić information content (AvgIpc) is 2.34. The van der Waals surface area contributed by atoms with Gasteiger partial charge in [0.25, 0.3) is 0 Å². The monoisotopic (exact) mass is 173 g/mol. The topological polar surface area (TPSA) is 12.0 Å². The van der Waals surface area contributed by atoms with Crippen molar-refractivity contribution in [1.29, 1.82) is 0 Å². The first-order valence-electron chi connectivity index (χ1n) is 4.49. The molecule has 66 valence electrons. The highest BCUT2D eigenvalue weighted by Crippen LogP contribution is 2.28. The van der Waals surface area contributed by atoms with Gasteiger partial charge in [-0.1, -0.05) is 13.8 Å². The van der Waals surface area contributed by atoms with E-state index in [-0.39, 0.29) is 0 Å². The molecule has 2 heteroatoms. The maximum Gasteiger partial charge on any atom is 0.0191 e. The maximum atomic E-state index is 3.40. The van der Waals surface area contributed by atoms with E-state index in [1.807, 2.05) is 0 Å². The molecule has 2 atom stereocenters. The van der Waals surface area contributed by atoms with Crippen molar-refractivity contribution in [2.45, 2.75) is 26.3 Å². The van der Waals surface area contributed by atoms with Crippen molar-refractivity contribution in [3.63, 3.8) is 0 Å². The van der Waals surface area contributed by atoms with E-state index < -0.39 is 0 Å². The smallest absolute Gasteiger partial charge is 0.0191 e. The van der Waals surface area contributed by atoms with Crippen LogP contribution in [0.5, 0.6) is 0 Å². The van der Waals surface area contributed by atoms with Crippen LogP contribution in [-0.4, -0.2) is 24.6 Å². The van der Waals surface area contributed by atoms with Crippen molar-refractivity contribution in [2.75, 3.05) is 18.6 Å². The van der Waals surface area contributed by atoms with Gasteiger partial charge in [-0.2, -0.15) is 11.8 Å². The summed E-state index contributed by atoms with van der Waals surface area (Å²) >= 11 is 2.09. The lowest BCUT2D eigenvalue weighted by atomic mass is 9.93. The largest absolute Gasteiger partial charge is 0.316 e. The van der Waals surface area contributed by atoms with Crippen LogP contribution in [0, 0.1) is 11.8 Å². The van der Waals surface area contributed by atoms with Gasteiger partial charge in [0, 0.05) is 11.8 Å². The molecule has 0 spiro atoms. The molecule has 0 aromatic heterocycles. The molecule has 1 nitrogen and oxygen atoms in total. The normalized spacial score (nSPS) is 31.6. The molecule has 1 aliphatic heterocycles. The lowest BCUT2D eigenvalue weighted by molar-refractivity contribution is 0.376. The molecule has 0 aromatic carbocycles. The summed E-state index contributed by atoms with van der Waals surface area (Å²) in [6.45, 7) is 4.63. The summed E-state index contributed by atoms with van der Waals surface area (Å²) in [5.41, 5.74) is 0. The number of rotatable bonds is 3. The second-order valence-corrected chi connectivity index (χ2v) is 4.90. The fourth-order valence-electron chi connectivity index (χ4n) is 1.76. The van der Waals surface area contributed by atoms with E-state index in [9.17, 15) is 0 Å². The molecule has 2 unspecified atom stereocenters. The van der Waals surface area contributed by atoms with Crippen molar-refractivity contribution in [3.05, 3.63) is 0 Å². The van der Waals surface area contributed by atoms with E-state index in [0.717, 1.165) is 17.9 Å². The molecule has 1 saturated heterocycles. The molecule has 0 bridgehead atoms. The van der Waals surface area contributed by atoms with E-state index >= 15 is 0 Å². The summed E-state index contributed by atoms with van der Waals surface area (Å²) in [5.74, 6) is 4.46. The molecule has 1 aliphatic rings. The minimum atomic E-state index is 0.780. The Morgan fingerprint density at radius 1 is 1.45 bits per heavy atom. The molecule has 11 heavy (non-hydrogen) atoms. The lowest BCUT2D eigenvalue weighted by Crippen LogP contribution is -2.32. The molecule has 0 aromatic rings. The van der Waals surface area contributed by atoms with E-state index in [1.165, 1.54) is 17.9 Å². The van der Waals surface area contributed by atoms with Crippen LogP contribution in [0.2, 0.25) is 0 Å². The summed E-state index contributed by atoms with van der Waals surface area (Å²) in [6.07, 6.45) is 1.39. The standard InChI is InChI=1S/C9H19NS/c1-7(2)4-8-5-11-6-9(8)10-3/h7-10H,4-6H2,1-3H3. The summed E-state index contributed by atoms with van der Waals surface area (Å²) < 4.78 is 0. The van der Waals surface area contributed by atoms with Crippen LogP contribution >= 0.6 is 11.8 Å². The fourth-order valence-corrected chi connectivity index (χ4v) is 3.26. The highest BCUT2D eigenvalue weighted by atomic mass is 32.2. The average molecular weight is 173 g/mol. The van der Waals surface area contributed by atoms with Crippen LogP contribution in [0.4, 0.5) is 0 Å². The zero-order valence-electron chi connectivity index (χ0n) is 7.76. The van der Waals surface area contributed by atoms with Gasteiger partial charge in [0.15, 0.2) is 0 Å². The van der Waals surface area contributed by atoms with E-state index in [0.29, 0.717) is 0 Å². The molecule has 1 fully saturated rings. The third-order valence-corrected chi connectivity index (χ3v) is 3.60. The van der Waals surface area contributed by atoms with Crippen LogP contribution < -0.4 is 5.32 Å². The Kier molecular flexibility index (Phi) is 3.73. The third kappa shape index (κ3) is 2.68. The predicted molar refractivity (Wildman–Crippen MR) is 53.1 cm³/mol. The Hall–Kier alpha value is 0.310. The molecule has 1 N–H and O–H groups in total. The van der Waals surface area contributed by atoms with Crippen LogP contribution in [0.25, 0.3) is 0 Å². The summed E-state index contributed by atoms with van der Waals surface area (Å²) in [6, 6.07) is 0.780. The van der Waals surface area contributed by atoms with Gasteiger partial charge >= 0.3 is 0 Å². The quantitative estimate of drug-likeness (QED) is 0.700. The Labute approximate surface area is 74.3 Å². The molecule has 1 rings (SSSR count). The van der Waals surface area contributed by atoms with Gasteiger partial charge in [0.2, 0.25) is 0 Å². The molecule has 0 amide bonds. The van der Waals surface area contributed by atoms with Crippen LogP contribution in [-0.2, 0) is 0 Å². The number of hydrogen-bond donors (Lipinski definition) is 1. The summed E-state index contributed by atoms with van der Waals surface area (Å²) in [5, 5.41) is 3.40. The highest BCUT2D eigenvalue weighted by Gasteiger charge is 2.26. The number of hydrogen-bond acceptors (Lipinski definition) is 2. The van der Waals surface area contributed by atoms with Gasteiger partial charge in [-0.3, -0.25) is 0 Å². The summed E-state index contributed by atoms with van der Waals surface area (Å²) in [7, 11) is 2.09. The first kappa shape index (κ1) is 9.40. The van der Waals surface area contributed by atoms with E-state index in [4.69, 9.17) is 0 Å². The van der Waals surface area contributed by atoms with Crippen LogP contribution in [0.1, 0.15) is 20.3 Å². The van der Waals surface area contributed by atoms with Crippen molar-refractivity contribution in [3.8, 4) is 0 Å². The second kappa shape index (κ2) is 4.36. The minimum absolute atomic E-state index is 0.780. The van der Waals surface area contributed by atoms with Crippen molar-refractivity contribution in [1.82, 2.24) is 5.32 Å². The molecular weight excluding hydrogens is 154 g/mol. The minimum Gasteiger partial charge on any atom is -0.316 e. The molecule has 0 radical (unpaired) electrons. The Balaban J connectivity index is 2.31. The molecule has 1 heterocycles. The number of nitrogens with one attached hydrogen (secondary N) is 1. The zero-order valence-corrected chi connectivity index (χ0v) is 8.58. The predicted octanol–water partition coefficient (Wildman–Crippen LogP) is 1.98. The maximum absolute atomic E-state index is 3.40. The van der Waals surface area contributed by atoms with E-state index in [1.54, 1.807) is 0 Å². The zero-order chi connectivity index (χ0) is 8.27. The highest BCUT2D eigenvalue weighted by molar-refractivity contribution is 7.99. The van der Waals surface area contributed by atoms with Crippen molar-refractivity contribution in [2.24, 2.45) is 11.8 Å². The first-order chi connectivity index (χ1) is 5.24. The van der Waals surface area contributed by atoms with Gasteiger partial charge in [-0.15, -0.1) is 0 Å². The Morgan fingerprint density at radius 3 is 2.73 bits per heavy atom. The van der Waals surface area contributed by atoms with Gasteiger partial charge in [-0.05, 0) is 31.1 Å². The first-order valence-corrected chi connectivity index (χ1v) is 5.64. The van der Waals surface area contributed by atoms with Crippen LogP contribution in [0.3, 0.4) is 0 Å². The SMILES string of the molecule is CNC1CSCC1CC(C)C. The fraction of sp³-hybridized carbons (Fsp3) is 1.00. The molecule has 0 aliphatic carbocycles. The summed E-state index contributed by atoms with van der Waals surface area (Å²) in [4.78, 5) is 0. The van der Waals surface area contributed by atoms with Crippen LogP contribution in [0.15, 0.2) is 0 Å². The second-order valence-electron chi connectivity index (χ2n) is 3.82. The van der Waals surface area contributed by atoms with E-state index in [2.05, 4.69) is 38.0 Å². The van der Waals surface area contributed by atoms with Crippen molar-refractivity contribution < 1.29 is 0 Å². The van der Waals surface area contributed by atoms with Crippen molar-refractivity contribution >= 4 is 11.8 Å².